The summed E-state index contributed by atoms with van der Waals surface area (Å²) in [6.07, 6.45) is 0.407. The van der Waals surface area contributed by atoms with E-state index in [1.165, 1.54) is 7.11 Å². The Labute approximate surface area is 144 Å². The van der Waals surface area contributed by atoms with Gasteiger partial charge in [-0.2, -0.15) is 0 Å². The number of aliphatic hydroxyl groups excluding tert-OH is 1. The van der Waals surface area contributed by atoms with Gasteiger partial charge in [0.15, 0.2) is 0 Å². The van der Waals surface area contributed by atoms with E-state index in [9.17, 15) is 14.7 Å². The van der Waals surface area contributed by atoms with Crippen molar-refractivity contribution in [2.24, 2.45) is 0 Å². The van der Waals surface area contributed by atoms with Gasteiger partial charge in [0.2, 0.25) is 0 Å². The molecule has 0 radical (unpaired) electrons. The molecule has 23 heavy (non-hydrogen) atoms. The number of esters is 1. The van der Waals surface area contributed by atoms with Crippen molar-refractivity contribution >= 4 is 35.0 Å². The molecule has 0 aromatic heterocycles. The van der Waals surface area contributed by atoms with Gasteiger partial charge in [0.1, 0.15) is 17.6 Å². The van der Waals surface area contributed by atoms with Crippen molar-refractivity contribution in [1.82, 2.24) is 5.32 Å². The number of rotatable bonds is 5. The molecule has 1 saturated carbocycles. The number of nitrogens with one attached hydrogen (secondary N) is 1. The van der Waals surface area contributed by atoms with Crippen LogP contribution < -0.4 is 5.32 Å². The van der Waals surface area contributed by atoms with Crippen LogP contribution in [0.3, 0.4) is 0 Å². The molecule has 0 bridgehead atoms. The lowest BCUT2D eigenvalue weighted by molar-refractivity contribution is -0.153. The summed E-state index contributed by atoms with van der Waals surface area (Å²) in [4.78, 5) is 23.6. The SMILES string of the molecule is COC(=O)C1(NC(O)Cc2ccc(Cl)cc2Cl)CCC(=O)CC1. The highest BCUT2D eigenvalue weighted by atomic mass is 35.5. The van der Waals surface area contributed by atoms with Crippen LogP contribution in [0.15, 0.2) is 18.2 Å². The minimum atomic E-state index is -1.04. The van der Waals surface area contributed by atoms with Gasteiger partial charge in [-0.05, 0) is 30.5 Å². The number of ether oxygens (including phenoxy) is 1. The molecule has 1 unspecified atom stereocenters. The van der Waals surface area contributed by atoms with Crippen LogP contribution in [-0.4, -0.2) is 35.7 Å². The molecule has 0 amide bonds. The maximum atomic E-state index is 12.1. The highest BCUT2D eigenvalue weighted by Crippen LogP contribution is 2.29. The van der Waals surface area contributed by atoms with E-state index in [0.717, 1.165) is 0 Å². The lowest BCUT2D eigenvalue weighted by atomic mass is 9.80. The van der Waals surface area contributed by atoms with Gasteiger partial charge in [0.25, 0.3) is 0 Å². The van der Waals surface area contributed by atoms with Crippen molar-refractivity contribution in [2.45, 2.75) is 43.9 Å². The fourth-order valence-electron chi connectivity index (χ4n) is 2.82. The van der Waals surface area contributed by atoms with Gasteiger partial charge in [-0.1, -0.05) is 29.3 Å². The van der Waals surface area contributed by atoms with E-state index in [-0.39, 0.29) is 25.0 Å². The van der Waals surface area contributed by atoms with Gasteiger partial charge in [0, 0.05) is 29.3 Å². The molecule has 1 aliphatic rings. The minimum absolute atomic E-state index is 0.113. The Morgan fingerprint density at radius 1 is 1.39 bits per heavy atom. The summed E-state index contributed by atoms with van der Waals surface area (Å²) in [6.45, 7) is 0. The molecule has 1 aromatic carbocycles. The number of aliphatic hydroxyl groups is 1. The number of methoxy groups -OCH3 is 1. The second-order valence-electron chi connectivity index (χ2n) is 5.71. The Hall–Kier alpha value is -1.14. The molecule has 5 nitrogen and oxygen atoms in total. The molecule has 1 atom stereocenters. The van der Waals surface area contributed by atoms with Gasteiger partial charge >= 0.3 is 5.97 Å². The quantitative estimate of drug-likeness (QED) is 0.623. The van der Waals surface area contributed by atoms with Crippen LogP contribution in [0.1, 0.15) is 31.2 Å². The van der Waals surface area contributed by atoms with E-state index in [2.05, 4.69) is 5.32 Å². The summed E-state index contributed by atoms with van der Waals surface area (Å²) in [7, 11) is 1.30. The Morgan fingerprint density at radius 3 is 2.61 bits per heavy atom. The summed E-state index contributed by atoms with van der Waals surface area (Å²) in [5.74, 6) is -0.354. The lowest BCUT2D eigenvalue weighted by Gasteiger charge is -2.36. The molecular formula is C16H19Cl2NO4. The summed E-state index contributed by atoms with van der Waals surface area (Å²) < 4.78 is 4.85. The number of hydrogen-bond donors (Lipinski definition) is 2. The maximum Gasteiger partial charge on any atom is 0.326 e. The van der Waals surface area contributed by atoms with Crippen LogP contribution >= 0.6 is 23.2 Å². The summed E-state index contributed by atoms with van der Waals surface area (Å²) in [6, 6.07) is 5.01. The molecule has 0 saturated heterocycles. The van der Waals surface area contributed by atoms with Gasteiger partial charge in [0.05, 0.1) is 7.11 Å². The molecular weight excluding hydrogens is 341 g/mol. The molecule has 1 aliphatic carbocycles. The first-order valence-corrected chi connectivity index (χ1v) is 8.12. The zero-order valence-electron chi connectivity index (χ0n) is 12.8. The maximum absolute atomic E-state index is 12.1. The van der Waals surface area contributed by atoms with Crippen LogP contribution in [-0.2, 0) is 20.7 Å². The first-order chi connectivity index (χ1) is 10.9. The van der Waals surface area contributed by atoms with Crippen LogP contribution in [0.4, 0.5) is 0 Å². The van der Waals surface area contributed by atoms with Crippen molar-refractivity contribution in [3.8, 4) is 0 Å². The molecule has 0 spiro atoms. The summed E-state index contributed by atoms with van der Waals surface area (Å²) >= 11 is 11.9. The van der Waals surface area contributed by atoms with Crippen LogP contribution in [0, 0.1) is 0 Å². The van der Waals surface area contributed by atoms with Crippen molar-refractivity contribution < 1.29 is 19.4 Å². The molecule has 1 aromatic rings. The normalized spacial score (nSPS) is 18.5. The smallest absolute Gasteiger partial charge is 0.326 e. The molecule has 7 heteroatoms. The van der Waals surface area contributed by atoms with E-state index in [4.69, 9.17) is 27.9 Å². The third kappa shape index (κ3) is 4.44. The average molecular weight is 360 g/mol. The Morgan fingerprint density at radius 2 is 2.04 bits per heavy atom. The van der Waals surface area contributed by atoms with Gasteiger partial charge in [-0.3, -0.25) is 14.9 Å². The third-order valence-electron chi connectivity index (χ3n) is 4.11. The third-order valence-corrected chi connectivity index (χ3v) is 4.70. The molecule has 2 N–H and O–H groups in total. The summed E-state index contributed by atoms with van der Waals surface area (Å²) in [5.41, 5.74) is -0.330. The number of carbonyl (C=O) groups excluding carboxylic acids is 2. The van der Waals surface area contributed by atoms with Gasteiger partial charge in [-0.15, -0.1) is 0 Å². The first-order valence-electron chi connectivity index (χ1n) is 7.36. The standard InChI is InChI=1S/C16H19Cl2NO4/c1-23-15(22)16(6-4-12(20)5-7-16)19-14(21)8-10-2-3-11(17)9-13(10)18/h2-3,9,14,19,21H,4-8H2,1H3. The Kier molecular flexibility index (Phi) is 6.03. The fraction of sp³-hybridized carbons (Fsp3) is 0.500. The number of halogens is 2. The van der Waals surface area contributed by atoms with E-state index in [1.807, 2.05) is 0 Å². The highest BCUT2D eigenvalue weighted by molar-refractivity contribution is 6.35. The zero-order valence-corrected chi connectivity index (χ0v) is 14.3. The molecule has 2 rings (SSSR count). The topological polar surface area (TPSA) is 75.6 Å². The number of Topliss-reactive ketones (excluding diaryl/α,β-unsaturated/α-hetero) is 1. The van der Waals surface area contributed by atoms with E-state index in [1.54, 1.807) is 18.2 Å². The van der Waals surface area contributed by atoms with Crippen molar-refractivity contribution in [3.05, 3.63) is 33.8 Å². The van der Waals surface area contributed by atoms with Crippen molar-refractivity contribution in [3.63, 3.8) is 0 Å². The highest BCUT2D eigenvalue weighted by Gasteiger charge is 2.43. The van der Waals surface area contributed by atoms with E-state index >= 15 is 0 Å². The Bertz CT molecular complexity index is 596. The predicted octanol–water partition coefficient (Wildman–Crippen LogP) is 2.50. The van der Waals surface area contributed by atoms with Crippen LogP contribution in [0.2, 0.25) is 10.0 Å². The van der Waals surface area contributed by atoms with Gasteiger partial charge in [-0.25, -0.2) is 0 Å². The van der Waals surface area contributed by atoms with E-state index < -0.39 is 17.7 Å². The van der Waals surface area contributed by atoms with Gasteiger partial charge < -0.3 is 9.84 Å². The predicted molar refractivity (Wildman–Crippen MR) is 87.5 cm³/mol. The fourth-order valence-corrected chi connectivity index (χ4v) is 3.31. The number of benzene rings is 1. The second kappa shape index (κ2) is 7.62. The minimum Gasteiger partial charge on any atom is -0.468 e. The van der Waals surface area contributed by atoms with Crippen LogP contribution in [0.25, 0.3) is 0 Å². The van der Waals surface area contributed by atoms with Crippen molar-refractivity contribution in [1.29, 1.82) is 0 Å². The number of ketones is 1. The largest absolute Gasteiger partial charge is 0.468 e. The molecule has 126 valence electrons. The van der Waals surface area contributed by atoms with Crippen LogP contribution in [0.5, 0.6) is 0 Å². The number of carbonyl (C=O) groups is 2. The second-order valence-corrected chi connectivity index (χ2v) is 6.56. The first kappa shape index (κ1) is 18.2. The average Bonchev–Trinajstić information content (AvgIpc) is 2.52. The number of hydrogen-bond acceptors (Lipinski definition) is 5. The summed E-state index contributed by atoms with van der Waals surface area (Å²) in [5, 5.41) is 14.2. The zero-order chi connectivity index (χ0) is 17.0. The lowest BCUT2D eigenvalue weighted by Crippen LogP contribution is -2.58. The van der Waals surface area contributed by atoms with E-state index in [0.29, 0.717) is 28.5 Å². The molecule has 0 aliphatic heterocycles. The monoisotopic (exact) mass is 359 g/mol. The van der Waals surface area contributed by atoms with Crippen molar-refractivity contribution in [2.75, 3.05) is 7.11 Å². The molecule has 0 heterocycles. The molecule has 1 fully saturated rings. The Balaban J connectivity index is 2.10.